The smallest absolute Gasteiger partial charge is 0.281 e. The number of benzene rings is 1. The molecule has 8 heteroatoms. The van der Waals surface area contributed by atoms with E-state index in [1.807, 2.05) is 31.2 Å². The summed E-state index contributed by atoms with van der Waals surface area (Å²) in [5.74, 6) is 0.886. The van der Waals surface area contributed by atoms with Crippen LogP contribution in [0.25, 0.3) is 16.3 Å². The van der Waals surface area contributed by atoms with Crippen molar-refractivity contribution >= 4 is 33.5 Å². The van der Waals surface area contributed by atoms with Gasteiger partial charge in [-0.1, -0.05) is 18.2 Å². The number of carbonyl (C=O) groups is 1. The number of nitrogens with zero attached hydrogens (tertiary/aromatic N) is 2. The SMILES string of the molecule is C/C=C/c1ccc(OCC(=O)Nn2c(C)nc3sccc3c2=O)c(OC)c1. The summed E-state index contributed by atoms with van der Waals surface area (Å²) in [5, 5.41) is 2.25. The Morgan fingerprint density at radius 3 is 2.89 bits per heavy atom. The maximum Gasteiger partial charge on any atom is 0.281 e. The fourth-order valence-corrected chi connectivity index (χ4v) is 3.35. The molecule has 0 fully saturated rings. The molecule has 0 bridgehead atoms. The first-order valence-corrected chi connectivity index (χ1v) is 9.11. The first-order valence-electron chi connectivity index (χ1n) is 8.23. The van der Waals surface area contributed by atoms with Crippen LogP contribution in [0, 0.1) is 6.92 Å². The number of thiophene rings is 1. The second-order valence-corrected chi connectivity index (χ2v) is 6.57. The number of fused-ring (bicyclic) bond motifs is 1. The van der Waals surface area contributed by atoms with Gasteiger partial charge in [-0.15, -0.1) is 11.3 Å². The van der Waals surface area contributed by atoms with Gasteiger partial charge in [-0.25, -0.2) is 9.66 Å². The normalized spacial score (nSPS) is 11.1. The first-order chi connectivity index (χ1) is 13.0. The average Bonchev–Trinajstić information content (AvgIpc) is 3.12. The zero-order chi connectivity index (χ0) is 19.4. The monoisotopic (exact) mass is 385 g/mol. The number of aryl methyl sites for hydroxylation is 1. The molecule has 2 aromatic heterocycles. The van der Waals surface area contributed by atoms with Crippen molar-refractivity contribution in [1.82, 2.24) is 9.66 Å². The fourth-order valence-electron chi connectivity index (χ4n) is 2.55. The third-order valence-corrected chi connectivity index (χ3v) is 4.61. The Morgan fingerprint density at radius 1 is 1.33 bits per heavy atom. The molecule has 1 amide bonds. The second kappa shape index (κ2) is 8.05. The Balaban J connectivity index is 1.73. The summed E-state index contributed by atoms with van der Waals surface area (Å²) in [7, 11) is 1.53. The van der Waals surface area contributed by atoms with Crippen molar-refractivity contribution in [3.05, 3.63) is 57.5 Å². The number of aromatic nitrogens is 2. The molecule has 0 aliphatic rings. The zero-order valence-electron chi connectivity index (χ0n) is 15.2. The third-order valence-electron chi connectivity index (χ3n) is 3.81. The standard InChI is InChI=1S/C19H19N3O4S/c1-4-5-13-6-7-15(16(10-13)25-3)26-11-17(23)21-22-12(2)20-18-14(19(22)24)8-9-27-18/h4-10H,11H2,1-3H3,(H,21,23)/b5-4+. The number of nitrogens with one attached hydrogen (secondary N) is 1. The lowest BCUT2D eigenvalue weighted by atomic mass is 10.2. The predicted molar refractivity (Wildman–Crippen MR) is 106 cm³/mol. The molecule has 0 saturated heterocycles. The Kier molecular flexibility index (Phi) is 5.56. The van der Waals surface area contributed by atoms with E-state index in [1.54, 1.807) is 24.4 Å². The largest absolute Gasteiger partial charge is 0.493 e. The van der Waals surface area contributed by atoms with Gasteiger partial charge in [0.1, 0.15) is 10.7 Å². The van der Waals surface area contributed by atoms with Gasteiger partial charge in [-0.05, 0) is 43.0 Å². The molecule has 0 spiro atoms. The van der Waals surface area contributed by atoms with Gasteiger partial charge in [0.25, 0.3) is 11.5 Å². The number of amides is 1. The molecule has 0 atom stereocenters. The highest BCUT2D eigenvalue weighted by molar-refractivity contribution is 7.16. The molecule has 1 N–H and O–H groups in total. The maximum absolute atomic E-state index is 12.5. The Labute approximate surface area is 159 Å². The highest BCUT2D eigenvalue weighted by Crippen LogP contribution is 2.28. The zero-order valence-corrected chi connectivity index (χ0v) is 16.0. The van der Waals surface area contributed by atoms with Crippen LogP contribution in [0.1, 0.15) is 18.3 Å². The third kappa shape index (κ3) is 4.01. The van der Waals surface area contributed by atoms with Crippen LogP contribution in [0.15, 0.2) is 40.5 Å². The topological polar surface area (TPSA) is 82.5 Å². The van der Waals surface area contributed by atoms with E-state index in [0.29, 0.717) is 27.5 Å². The fraction of sp³-hybridized carbons (Fsp3) is 0.211. The van der Waals surface area contributed by atoms with Crippen LogP contribution in [-0.2, 0) is 4.79 Å². The van der Waals surface area contributed by atoms with Crippen LogP contribution >= 0.6 is 11.3 Å². The molecule has 0 saturated carbocycles. The van der Waals surface area contributed by atoms with Crippen molar-refractivity contribution in [3.8, 4) is 11.5 Å². The van der Waals surface area contributed by atoms with Gasteiger partial charge in [0, 0.05) is 0 Å². The number of rotatable bonds is 6. The van der Waals surface area contributed by atoms with Crippen LogP contribution in [0.4, 0.5) is 0 Å². The maximum atomic E-state index is 12.5. The number of hydrogen-bond donors (Lipinski definition) is 1. The van der Waals surface area contributed by atoms with Gasteiger partial charge in [-0.2, -0.15) is 0 Å². The number of allylic oxidation sites excluding steroid dienone is 1. The van der Waals surface area contributed by atoms with Gasteiger partial charge in [0.2, 0.25) is 0 Å². The lowest BCUT2D eigenvalue weighted by Gasteiger charge is -2.13. The van der Waals surface area contributed by atoms with E-state index in [9.17, 15) is 9.59 Å². The van der Waals surface area contributed by atoms with Crippen LogP contribution in [0.2, 0.25) is 0 Å². The minimum atomic E-state index is -0.476. The second-order valence-electron chi connectivity index (χ2n) is 5.67. The molecular formula is C19H19N3O4S. The van der Waals surface area contributed by atoms with Gasteiger partial charge in [0.15, 0.2) is 18.1 Å². The minimum Gasteiger partial charge on any atom is -0.493 e. The van der Waals surface area contributed by atoms with Crippen LogP contribution in [0.3, 0.4) is 0 Å². The molecular weight excluding hydrogens is 366 g/mol. The number of ether oxygens (including phenoxy) is 2. The molecule has 27 heavy (non-hydrogen) atoms. The summed E-state index contributed by atoms with van der Waals surface area (Å²) in [6.07, 6.45) is 3.85. The van der Waals surface area contributed by atoms with E-state index in [0.717, 1.165) is 10.2 Å². The predicted octanol–water partition coefficient (Wildman–Crippen LogP) is 2.96. The lowest BCUT2D eigenvalue weighted by Crippen LogP contribution is -2.37. The van der Waals surface area contributed by atoms with E-state index in [-0.39, 0.29) is 12.2 Å². The molecule has 2 heterocycles. The van der Waals surface area contributed by atoms with Gasteiger partial charge < -0.3 is 9.47 Å². The quantitative estimate of drug-likeness (QED) is 0.705. The van der Waals surface area contributed by atoms with Crippen molar-refractivity contribution in [2.24, 2.45) is 0 Å². The lowest BCUT2D eigenvalue weighted by molar-refractivity contribution is -0.119. The van der Waals surface area contributed by atoms with E-state index in [1.165, 1.54) is 18.4 Å². The number of methoxy groups -OCH3 is 1. The van der Waals surface area contributed by atoms with Crippen molar-refractivity contribution in [2.45, 2.75) is 13.8 Å². The molecule has 1 aromatic carbocycles. The molecule has 0 radical (unpaired) electrons. The number of carbonyl (C=O) groups excluding carboxylic acids is 1. The van der Waals surface area contributed by atoms with Crippen molar-refractivity contribution in [1.29, 1.82) is 0 Å². The molecule has 3 aromatic rings. The highest BCUT2D eigenvalue weighted by atomic mass is 32.1. The molecule has 0 aliphatic carbocycles. The molecule has 140 valence electrons. The molecule has 0 aliphatic heterocycles. The van der Waals surface area contributed by atoms with Gasteiger partial charge in [0.05, 0.1) is 12.5 Å². The van der Waals surface area contributed by atoms with Crippen LogP contribution in [0.5, 0.6) is 11.5 Å². The molecule has 7 nitrogen and oxygen atoms in total. The van der Waals surface area contributed by atoms with E-state index < -0.39 is 5.91 Å². The summed E-state index contributed by atoms with van der Waals surface area (Å²) in [6, 6.07) is 7.10. The van der Waals surface area contributed by atoms with Crippen molar-refractivity contribution in [3.63, 3.8) is 0 Å². The Morgan fingerprint density at radius 2 is 2.15 bits per heavy atom. The van der Waals surface area contributed by atoms with Crippen LogP contribution in [-0.4, -0.2) is 29.3 Å². The highest BCUT2D eigenvalue weighted by Gasteiger charge is 2.13. The first kappa shape index (κ1) is 18.7. The van der Waals surface area contributed by atoms with E-state index in [2.05, 4.69) is 10.4 Å². The summed E-state index contributed by atoms with van der Waals surface area (Å²) < 4.78 is 12.0. The van der Waals surface area contributed by atoms with Gasteiger partial charge in [-0.3, -0.25) is 15.0 Å². The van der Waals surface area contributed by atoms with Crippen molar-refractivity contribution < 1.29 is 14.3 Å². The number of hydrogen-bond acceptors (Lipinski definition) is 6. The molecule has 0 unspecified atom stereocenters. The Hall–Kier alpha value is -3.13. The van der Waals surface area contributed by atoms with Crippen molar-refractivity contribution in [2.75, 3.05) is 19.1 Å². The minimum absolute atomic E-state index is 0.271. The Bertz CT molecular complexity index is 1070. The summed E-state index contributed by atoms with van der Waals surface area (Å²) in [5.41, 5.74) is 3.17. The summed E-state index contributed by atoms with van der Waals surface area (Å²) in [6.45, 7) is 3.31. The average molecular weight is 385 g/mol. The summed E-state index contributed by atoms with van der Waals surface area (Å²) >= 11 is 1.38. The van der Waals surface area contributed by atoms with E-state index in [4.69, 9.17) is 9.47 Å². The van der Waals surface area contributed by atoms with E-state index >= 15 is 0 Å². The summed E-state index contributed by atoms with van der Waals surface area (Å²) in [4.78, 5) is 29.7. The molecule has 3 rings (SSSR count). The van der Waals surface area contributed by atoms with Gasteiger partial charge >= 0.3 is 0 Å². The van der Waals surface area contributed by atoms with Crippen LogP contribution < -0.4 is 20.5 Å².